The molecule has 1 N–H and O–H groups in total. The van der Waals surface area contributed by atoms with Gasteiger partial charge < -0.3 is 10.2 Å². The van der Waals surface area contributed by atoms with Gasteiger partial charge in [-0.05, 0) is 36.8 Å². The van der Waals surface area contributed by atoms with E-state index in [-0.39, 0.29) is 5.28 Å². The van der Waals surface area contributed by atoms with Crippen molar-refractivity contribution < 1.29 is 0 Å². The van der Waals surface area contributed by atoms with Gasteiger partial charge in [-0.1, -0.05) is 26.7 Å². The molecule has 0 amide bonds. The van der Waals surface area contributed by atoms with E-state index in [1.807, 2.05) is 0 Å². The van der Waals surface area contributed by atoms with Gasteiger partial charge in [-0.2, -0.15) is 15.0 Å². The second-order valence-electron chi connectivity index (χ2n) is 5.37. The Labute approximate surface area is 126 Å². The third-order valence-electron chi connectivity index (χ3n) is 3.72. The monoisotopic (exact) mass is 297 g/mol. The van der Waals surface area contributed by atoms with E-state index in [2.05, 4.69) is 39.0 Å². The molecule has 0 aromatic carbocycles. The Morgan fingerprint density at radius 1 is 1.15 bits per heavy atom. The molecular formula is C14H24ClN5. The quantitative estimate of drug-likeness (QED) is 0.872. The molecule has 6 heteroatoms. The van der Waals surface area contributed by atoms with Gasteiger partial charge in [0, 0.05) is 19.6 Å². The van der Waals surface area contributed by atoms with Crippen molar-refractivity contribution in [3.05, 3.63) is 5.28 Å². The predicted octanol–water partition coefficient (Wildman–Crippen LogP) is 3.36. The van der Waals surface area contributed by atoms with Crippen molar-refractivity contribution in [2.75, 3.05) is 29.9 Å². The first-order valence-corrected chi connectivity index (χ1v) is 8.01. The highest BCUT2D eigenvalue weighted by Gasteiger charge is 2.21. The summed E-state index contributed by atoms with van der Waals surface area (Å²) in [5.74, 6) is 2.14. The second-order valence-corrected chi connectivity index (χ2v) is 5.71. The van der Waals surface area contributed by atoms with E-state index in [9.17, 15) is 0 Å². The highest BCUT2D eigenvalue weighted by molar-refractivity contribution is 6.28. The fourth-order valence-electron chi connectivity index (χ4n) is 2.63. The van der Waals surface area contributed by atoms with Crippen molar-refractivity contribution in [3.63, 3.8) is 0 Å². The van der Waals surface area contributed by atoms with E-state index in [1.54, 1.807) is 0 Å². The van der Waals surface area contributed by atoms with Crippen LogP contribution < -0.4 is 10.2 Å². The fourth-order valence-corrected chi connectivity index (χ4v) is 2.78. The number of hydrogen-bond acceptors (Lipinski definition) is 5. The molecule has 5 nitrogen and oxygen atoms in total. The summed E-state index contributed by atoms with van der Waals surface area (Å²) in [4.78, 5) is 15.1. The zero-order valence-electron chi connectivity index (χ0n) is 12.4. The van der Waals surface area contributed by atoms with Crippen molar-refractivity contribution in [1.29, 1.82) is 0 Å². The highest BCUT2D eigenvalue weighted by Crippen LogP contribution is 2.24. The lowest BCUT2D eigenvalue weighted by atomic mass is 9.93. The lowest BCUT2D eigenvalue weighted by Crippen LogP contribution is -2.35. The molecule has 0 radical (unpaired) electrons. The number of halogens is 1. The van der Waals surface area contributed by atoms with Crippen LogP contribution in [0.25, 0.3) is 0 Å². The van der Waals surface area contributed by atoms with Gasteiger partial charge in [-0.25, -0.2) is 0 Å². The van der Waals surface area contributed by atoms with Crippen molar-refractivity contribution in [2.24, 2.45) is 5.92 Å². The molecular weight excluding hydrogens is 274 g/mol. The van der Waals surface area contributed by atoms with Gasteiger partial charge in [0.2, 0.25) is 17.2 Å². The minimum absolute atomic E-state index is 0.268. The zero-order chi connectivity index (χ0) is 14.4. The maximum absolute atomic E-state index is 6.00. The van der Waals surface area contributed by atoms with E-state index in [0.29, 0.717) is 11.9 Å². The molecule has 0 saturated carbocycles. The number of nitrogens with one attached hydrogen (secondary N) is 1. The van der Waals surface area contributed by atoms with Crippen LogP contribution in [0.5, 0.6) is 0 Å². The maximum atomic E-state index is 6.00. The van der Waals surface area contributed by atoms with Gasteiger partial charge in [0.15, 0.2) is 0 Å². The van der Waals surface area contributed by atoms with E-state index in [4.69, 9.17) is 11.6 Å². The van der Waals surface area contributed by atoms with Crippen molar-refractivity contribution >= 4 is 23.5 Å². The van der Waals surface area contributed by atoms with Gasteiger partial charge in [-0.3, -0.25) is 0 Å². The van der Waals surface area contributed by atoms with Crippen molar-refractivity contribution in [3.8, 4) is 0 Å². The third kappa shape index (κ3) is 4.20. The van der Waals surface area contributed by atoms with Gasteiger partial charge in [0.1, 0.15) is 0 Å². The summed E-state index contributed by atoms with van der Waals surface area (Å²) in [6.07, 6.45) is 6.06. The molecule has 20 heavy (non-hydrogen) atoms. The van der Waals surface area contributed by atoms with Crippen LogP contribution in [0.4, 0.5) is 11.9 Å². The summed E-state index contributed by atoms with van der Waals surface area (Å²) in [6.45, 7) is 7.23. The highest BCUT2D eigenvalue weighted by atomic mass is 35.5. The summed E-state index contributed by atoms with van der Waals surface area (Å²) in [7, 11) is 0. The third-order valence-corrected chi connectivity index (χ3v) is 3.89. The standard InChI is InChI=1S/C14H24ClN5/c1-3-5-11-6-9-20(10-7-11)14-18-12(15)17-13(19-14)16-8-4-2/h11H,3-10H2,1-2H3,(H,16,17,18,19). The first-order chi connectivity index (χ1) is 9.72. The molecule has 1 fully saturated rings. The summed E-state index contributed by atoms with van der Waals surface area (Å²) in [5.41, 5.74) is 0. The Morgan fingerprint density at radius 2 is 1.90 bits per heavy atom. The molecule has 2 rings (SSSR count). The summed E-state index contributed by atoms with van der Waals surface area (Å²) in [6, 6.07) is 0. The summed E-state index contributed by atoms with van der Waals surface area (Å²) < 4.78 is 0. The number of anilines is 2. The Balaban J connectivity index is 2.00. The largest absolute Gasteiger partial charge is 0.354 e. The summed E-state index contributed by atoms with van der Waals surface area (Å²) in [5, 5.41) is 3.44. The van der Waals surface area contributed by atoms with Crippen LogP contribution in [0.15, 0.2) is 0 Å². The Morgan fingerprint density at radius 3 is 2.55 bits per heavy atom. The molecule has 1 aromatic heterocycles. The molecule has 1 saturated heterocycles. The Hall–Kier alpha value is -1.10. The topological polar surface area (TPSA) is 53.9 Å². The van der Waals surface area contributed by atoms with Crippen LogP contribution in [-0.2, 0) is 0 Å². The van der Waals surface area contributed by atoms with E-state index >= 15 is 0 Å². The van der Waals surface area contributed by atoms with Crippen LogP contribution in [0.1, 0.15) is 46.0 Å². The first-order valence-electron chi connectivity index (χ1n) is 7.63. The number of nitrogens with zero attached hydrogens (tertiary/aromatic N) is 4. The van der Waals surface area contributed by atoms with E-state index < -0.39 is 0 Å². The fraction of sp³-hybridized carbons (Fsp3) is 0.786. The van der Waals surface area contributed by atoms with Gasteiger partial charge in [-0.15, -0.1) is 0 Å². The number of piperidine rings is 1. The average Bonchev–Trinajstić information content (AvgIpc) is 2.46. The van der Waals surface area contributed by atoms with E-state index in [1.165, 1.54) is 25.7 Å². The minimum Gasteiger partial charge on any atom is -0.354 e. The van der Waals surface area contributed by atoms with E-state index in [0.717, 1.165) is 32.0 Å². The lowest BCUT2D eigenvalue weighted by Gasteiger charge is -2.31. The number of aromatic nitrogens is 3. The Kier molecular flexibility index (Phi) is 5.83. The number of hydrogen-bond donors (Lipinski definition) is 1. The lowest BCUT2D eigenvalue weighted by molar-refractivity contribution is 0.376. The van der Waals surface area contributed by atoms with Crippen LogP contribution in [0.3, 0.4) is 0 Å². The summed E-state index contributed by atoms with van der Waals surface area (Å²) >= 11 is 6.00. The normalized spacial score (nSPS) is 16.4. The molecule has 0 spiro atoms. The minimum atomic E-state index is 0.268. The predicted molar refractivity (Wildman–Crippen MR) is 83.5 cm³/mol. The molecule has 112 valence electrons. The second kappa shape index (κ2) is 7.62. The van der Waals surface area contributed by atoms with Crippen molar-refractivity contribution in [1.82, 2.24) is 15.0 Å². The van der Waals surface area contributed by atoms with Crippen LogP contribution in [-0.4, -0.2) is 34.6 Å². The van der Waals surface area contributed by atoms with Gasteiger partial charge >= 0.3 is 0 Å². The van der Waals surface area contributed by atoms with Crippen molar-refractivity contribution in [2.45, 2.75) is 46.0 Å². The molecule has 0 atom stereocenters. The number of rotatable bonds is 6. The molecule has 0 unspecified atom stereocenters. The average molecular weight is 298 g/mol. The molecule has 1 aliphatic heterocycles. The SMILES string of the molecule is CCCNc1nc(Cl)nc(N2CCC(CCC)CC2)n1. The molecule has 0 bridgehead atoms. The van der Waals surface area contributed by atoms with Crippen LogP contribution in [0, 0.1) is 5.92 Å². The Bertz CT molecular complexity index is 418. The molecule has 2 heterocycles. The molecule has 1 aromatic rings. The van der Waals surface area contributed by atoms with Crippen LogP contribution in [0.2, 0.25) is 5.28 Å². The zero-order valence-corrected chi connectivity index (χ0v) is 13.2. The molecule has 1 aliphatic rings. The van der Waals surface area contributed by atoms with Crippen LogP contribution >= 0.6 is 11.6 Å². The van der Waals surface area contributed by atoms with Gasteiger partial charge in [0.25, 0.3) is 0 Å². The van der Waals surface area contributed by atoms with Gasteiger partial charge in [0.05, 0.1) is 0 Å². The first kappa shape index (κ1) is 15.3. The molecule has 0 aliphatic carbocycles. The maximum Gasteiger partial charge on any atom is 0.231 e. The smallest absolute Gasteiger partial charge is 0.231 e.